The number of aliphatic hydroxyl groups is 3. The number of carbonyl (C=O) groups excluding carboxylic acids is 3. The molecular formula is C33H45NO9. The molecular weight excluding hydrogens is 554 g/mol. The molecule has 1 aromatic rings. The summed E-state index contributed by atoms with van der Waals surface area (Å²) in [6.07, 6.45) is 6.04. The number of allylic oxidation sites excluding steroid dienone is 4. The maximum absolute atomic E-state index is 12.9. The Kier molecular flexibility index (Phi) is 9.28. The van der Waals surface area contributed by atoms with Gasteiger partial charge in [-0.2, -0.15) is 0 Å². The number of rotatable bonds is 6. The molecule has 0 aliphatic heterocycles. The van der Waals surface area contributed by atoms with Gasteiger partial charge in [0.1, 0.15) is 5.60 Å². The summed E-state index contributed by atoms with van der Waals surface area (Å²) in [5.41, 5.74) is -1.14. The van der Waals surface area contributed by atoms with Crippen LogP contribution in [0.1, 0.15) is 65.0 Å². The van der Waals surface area contributed by atoms with Crippen molar-refractivity contribution in [2.75, 3.05) is 20.2 Å². The summed E-state index contributed by atoms with van der Waals surface area (Å²) < 4.78 is 4.89. The zero-order valence-corrected chi connectivity index (χ0v) is 25.5. The highest BCUT2D eigenvalue weighted by Crippen LogP contribution is 2.67. The summed E-state index contributed by atoms with van der Waals surface area (Å²) in [6, 6.07) is 4.26. The van der Waals surface area contributed by atoms with Gasteiger partial charge in [-0.05, 0) is 80.3 Å². The summed E-state index contributed by atoms with van der Waals surface area (Å²) in [5.74, 6) is -1.11. The number of carbonyl (C=O) groups is 3. The quantitative estimate of drug-likeness (QED) is 0.211. The summed E-state index contributed by atoms with van der Waals surface area (Å²) in [7, 11) is 1.73. The van der Waals surface area contributed by atoms with E-state index in [-0.39, 0.29) is 41.0 Å². The van der Waals surface area contributed by atoms with Gasteiger partial charge in [0.15, 0.2) is 23.9 Å². The molecule has 0 heterocycles. The number of hydrogen-bond acceptors (Lipinski definition) is 10. The molecule has 4 aliphatic carbocycles. The van der Waals surface area contributed by atoms with Crippen molar-refractivity contribution in [2.45, 2.75) is 71.2 Å². The first-order chi connectivity index (χ1) is 20.1. The third kappa shape index (κ3) is 5.78. The van der Waals surface area contributed by atoms with Gasteiger partial charge in [-0.3, -0.25) is 14.4 Å². The number of aromatic hydroxyl groups is 2. The second-order valence-electron chi connectivity index (χ2n) is 13.2. The maximum Gasteiger partial charge on any atom is 0.303 e. The van der Waals surface area contributed by atoms with Gasteiger partial charge in [0.25, 0.3) is 0 Å². The van der Waals surface area contributed by atoms with Crippen molar-refractivity contribution in [3.8, 4) is 11.5 Å². The smallest absolute Gasteiger partial charge is 0.303 e. The van der Waals surface area contributed by atoms with E-state index in [0.29, 0.717) is 31.4 Å². The predicted molar refractivity (Wildman–Crippen MR) is 158 cm³/mol. The van der Waals surface area contributed by atoms with Crippen LogP contribution in [0.15, 0.2) is 42.0 Å². The molecule has 4 aliphatic rings. The molecule has 0 bridgehead atoms. The monoisotopic (exact) mass is 599 g/mol. The number of hydrogen-bond donors (Lipinski definition) is 6. The van der Waals surface area contributed by atoms with Gasteiger partial charge in [-0.1, -0.05) is 38.5 Å². The van der Waals surface area contributed by atoms with Crippen molar-refractivity contribution in [1.29, 1.82) is 0 Å². The van der Waals surface area contributed by atoms with E-state index in [2.05, 4.69) is 19.2 Å². The third-order valence-electron chi connectivity index (χ3n) is 10.6. The molecule has 10 nitrogen and oxygen atoms in total. The van der Waals surface area contributed by atoms with Crippen LogP contribution in [-0.2, 0) is 19.1 Å². The zero-order chi connectivity index (χ0) is 31.9. The van der Waals surface area contributed by atoms with Gasteiger partial charge in [-0.15, -0.1) is 0 Å². The fourth-order valence-corrected chi connectivity index (χ4v) is 8.56. The van der Waals surface area contributed by atoms with Crippen molar-refractivity contribution in [2.24, 2.45) is 34.5 Å². The minimum absolute atomic E-state index is 0.00535. The lowest BCUT2D eigenvalue weighted by atomic mass is 9.45. The van der Waals surface area contributed by atoms with Crippen molar-refractivity contribution < 1.29 is 44.7 Å². The molecule has 10 heteroatoms. The predicted octanol–water partition coefficient (Wildman–Crippen LogP) is 2.73. The normalized spacial score (nSPS) is 36.7. The molecule has 3 fully saturated rings. The van der Waals surface area contributed by atoms with Gasteiger partial charge >= 0.3 is 5.97 Å². The standard InChI is InChI=1S/C24H32O6.C9H13NO3/c1-13-9-16-17-6-8-24(29,20(28)12-30-14(2)25)23(17,4)11-19(27)21(16)22(3)7-5-15(26)10-18(13)22;1-10-5-9(13)6-2-3-7(11)8(12)4-6/h5,7,10,13,16-17,19,21,27,29H,6,8-9,11-12H2,1-4H3;2-4,9-13H,5H2,1H3/t13-,16-,17-,19-,21+,22-,23-,24-;9-/m00/s1. The molecule has 43 heavy (non-hydrogen) atoms. The fourth-order valence-electron chi connectivity index (χ4n) is 8.56. The number of aliphatic hydroxyl groups excluding tert-OH is 2. The number of ether oxygens (including phenoxy) is 1. The van der Waals surface area contributed by atoms with Crippen LogP contribution in [0.2, 0.25) is 0 Å². The van der Waals surface area contributed by atoms with Gasteiger partial charge < -0.3 is 35.6 Å². The Morgan fingerprint density at radius 2 is 1.88 bits per heavy atom. The molecule has 0 spiro atoms. The van der Waals surface area contributed by atoms with E-state index in [0.717, 1.165) is 12.0 Å². The topological polar surface area (TPSA) is 174 Å². The van der Waals surface area contributed by atoms with Crippen LogP contribution in [0.3, 0.4) is 0 Å². The molecule has 0 aromatic heterocycles. The number of nitrogens with one attached hydrogen (secondary N) is 1. The minimum Gasteiger partial charge on any atom is -0.504 e. The summed E-state index contributed by atoms with van der Waals surface area (Å²) in [5, 5.41) is 53.3. The minimum atomic E-state index is -1.61. The zero-order valence-electron chi connectivity index (χ0n) is 25.5. The Balaban J connectivity index is 0.000000273. The van der Waals surface area contributed by atoms with Crippen molar-refractivity contribution in [1.82, 2.24) is 5.32 Å². The van der Waals surface area contributed by atoms with Crippen molar-refractivity contribution >= 4 is 17.5 Å². The number of benzene rings is 1. The lowest BCUT2D eigenvalue weighted by Gasteiger charge is -2.60. The first-order valence-electron chi connectivity index (χ1n) is 15.0. The summed E-state index contributed by atoms with van der Waals surface area (Å²) in [4.78, 5) is 36.1. The maximum atomic E-state index is 12.9. The fraction of sp³-hybridized carbons (Fsp3) is 0.606. The molecule has 9 atom stereocenters. The average molecular weight is 600 g/mol. The number of likely N-dealkylation sites (N-methyl/N-ethyl adjacent to an activating group) is 1. The number of ketones is 2. The molecule has 236 valence electrons. The van der Waals surface area contributed by atoms with E-state index in [4.69, 9.17) is 14.9 Å². The van der Waals surface area contributed by atoms with E-state index in [1.165, 1.54) is 19.1 Å². The molecule has 6 N–H and O–H groups in total. The molecule has 0 saturated heterocycles. The third-order valence-corrected chi connectivity index (χ3v) is 10.6. The van der Waals surface area contributed by atoms with Crippen LogP contribution >= 0.6 is 0 Å². The van der Waals surface area contributed by atoms with Gasteiger partial charge in [0.05, 0.1) is 12.2 Å². The van der Waals surface area contributed by atoms with Crippen molar-refractivity contribution in [3.05, 3.63) is 47.6 Å². The number of esters is 1. The molecule has 3 saturated carbocycles. The van der Waals surface area contributed by atoms with Gasteiger partial charge in [0, 0.05) is 30.2 Å². The summed E-state index contributed by atoms with van der Waals surface area (Å²) in [6.45, 7) is 7.35. The highest BCUT2D eigenvalue weighted by molar-refractivity contribution is 6.01. The van der Waals surface area contributed by atoms with Crippen LogP contribution in [0.25, 0.3) is 0 Å². The van der Waals surface area contributed by atoms with Crippen LogP contribution < -0.4 is 5.32 Å². The van der Waals surface area contributed by atoms with Crippen LogP contribution in [-0.4, -0.2) is 75.0 Å². The van der Waals surface area contributed by atoms with Crippen LogP contribution in [0, 0.1) is 34.5 Å². The van der Waals surface area contributed by atoms with E-state index >= 15 is 0 Å². The SMILES string of the molecule is CC(=O)OCC(=O)[C@@]1(O)CC[C@H]2[C@@H]3C[C@H](C)C4=CC(=O)C=C[C@]4(C)[C@H]3[C@@H](O)C[C@@]21C.CNC[C@H](O)c1ccc(O)c(O)c1. The molecule has 0 radical (unpaired) electrons. The molecule has 5 rings (SSSR count). The highest BCUT2D eigenvalue weighted by Gasteiger charge is 2.68. The first kappa shape index (κ1) is 32.9. The summed E-state index contributed by atoms with van der Waals surface area (Å²) >= 11 is 0. The Labute approximate surface area is 252 Å². The van der Waals surface area contributed by atoms with E-state index in [1.807, 2.05) is 13.0 Å². The van der Waals surface area contributed by atoms with Crippen LogP contribution in [0.4, 0.5) is 0 Å². The second kappa shape index (κ2) is 12.1. The van der Waals surface area contributed by atoms with Crippen LogP contribution in [0.5, 0.6) is 11.5 Å². The Bertz CT molecular complexity index is 1320. The van der Waals surface area contributed by atoms with E-state index in [9.17, 15) is 29.7 Å². The largest absolute Gasteiger partial charge is 0.504 e. The molecule has 0 amide bonds. The lowest BCUT2D eigenvalue weighted by molar-refractivity contribution is -0.182. The van der Waals surface area contributed by atoms with Gasteiger partial charge in [0.2, 0.25) is 5.78 Å². The first-order valence-corrected chi connectivity index (χ1v) is 15.0. The Morgan fingerprint density at radius 3 is 2.51 bits per heavy atom. The van der Waals surface area contributed by atoms with E-state index in [1.54, 1.807) is 25.3 Å². The lowest BCUT2D eigenvalue weighted by Crippen LogP contribution is -2.62. The highest BCUT2D eigenvalue weighted by atomic mass is 16.5. The Hall–Kier alpha value is -3.05. The Morgan fingerprint density at radius 1 is 1.19 bits per heavy atom. The second-order valence-corrected chi connectivity index (χ2v) is 13.2. The number of phenolic OH excluding ortho intramolecular Hbond substituents is 2. The van der Waals surface area contributed by atoms with E-state index < -0.39 is 47.0 Å². The van der Waals surface area contributed by atoms with Gasteiger partial charge in [-0.25, -0.2) is 0 Å². The molecule has 1 aromatic carbocycles. The average Bonchev–Trinajstić information content (AvgIpc) is 3.21. The molecule has 0 unspecified atom stereocenters. The number of Topliss-reactive ketones (excluding diaryl/α,β-unsaturated/α-hetero) is 1. The number of fused-ring (bicyclic) bond motifs is 5. The van der Waals surface area contributed by atoms with Crippen molar-refractivity contribution in [3.63, 3.8) is 0 Å². The number of phenols is 2.